The summed E-state index contributed by atoms with van der Waals surface area (Å²) >= 11 is 0. The second-order valence-corrected chi connectivity index (χ2v) is 6.44. The second-order valence-electron chi connectivity index (χ2n) is 6.44. The van der Waals surface area contributed by atoms with Gasteiger partial charge < -0.3 is 0 Å². The molecule has 2 aromatic carbocycles. The summed E-state index contributed by atoms with van der Waals surface area (Å²) < 4.78 is 0. The van der Waals surface area contributed by atoms with E-state index in [0.29, 0.717) is 5.82 Å². The van der Waals surface area contributed by atoms with Crippen molar-refractivity contribution < 1.29 is 0 Å². The quantitative estimate of drug-likeness (QED) is 0.499. The van der Waals surface area contributed by atoms with Crippen molar-refractivity contribution in [2.24, 2.45) is 0 Å². The number of fused-ring (bicyclic) bond motifs is 1. The Morgan fingerprint density at radius 3 is 2.38 bits per heavy atom. The van der Waals surface area contributed by atoms with Crippen molar-refractivity contribution >= 4 is 10.9 Å². The summed E-state index contributed by atoms with van der Waals surface area (Å²) in [5.74, 6) is 0.710. The van der Waals surface area contributed by atoms with Crippen LogP contribution in [0, 0.1) is 0 Å². The number of aryl methyl sites for hydroxylation is 1. The van der Waals surface area contributed by atoms with E-state index >= 15 is 0 Å². The van der Waals surface area contributed by atoms with Gasteiger partial charge in [-0.25, -0.2) is 15.0 Å². The highest BCUT2D eigenvalue weighted by Crippen LogP contribution is 2.22. The molecule has 0 saturated carbocycles. The summed E-state index contributed by atoms with van der Waals surface area (Å²) in [6, 6.07) is 24.7. The standard InChI is InChI=1S/C23H21N3/c1-2-9-20-19-13-6-7-14-21(19)26-23(25-20)22-15-8-12-18(24-22)16-17-10-4-3-5-11-17/h3-8,10-15H,2,9,16H2,1H3. The fourth-order valence-electron chi connectivity index (χ4n) is 3.19. The lowest BCUT2D eigenvalue weighted by Gasteiger charge is -2.09. The minimum Gasteiger partial charge on any atom is -0.249 e. The fourth-order valence-corrected chi connectivity index (χ4v) is 3.19. The zero-order valence-electron chi connectivity index (χ0n) is 14.9. The van der Waals surface area contributed by atoms with Gasteiger partial charge in [-0.05, 0) is 30.2 Å². The highest BCUT2D eigenvalue weighted by molar-refractivity contribution is 5.82. The molecule has 0 spiro atoms. The molecule has 2 heterocycles. The zero-order valence-corrected chi connectivity index (χ0v) is 14.9. The molecule has 3 nitrogen and oxygen atoms in total. The molecule has 128 valence electrons. The molecule has 2 aromatic heterocycles. The predicted octanol–water partition coefficient (Wildman–Crippen LogP) is 5.24. The van der Waals surface area contributed by atoms with Crippen LogP contribution in [0.1, 0.15) is 30.3 Å². The van der Waals surface area contributed by atoms with E-state index in [2.05, 4.69) is 43.3 Å². The number of nitrogens with zero attached hydrogens (tertiary/aromatic N) is 3. The van der Waals surface area contributed by atoms with Crippen LogP contribution in [0.4, 0.5) is 0 Å². The third-order valence-electron chi connectivity index (χ3n) is 4.43. The molecule has 0 amide bonds. The van der Waals surface area contributed by atoms with Crippen molar-refractivity contribution in [1.29, 1.82) is 0 Å². The number of aromatic nitrogens is 3. The smallest absolute Gasteiger partial charge is 0.178 e. The first kappa shape index (κ1) is 16.4. The van der Waals surface area contributed by atoms with Crippen LogP contribution in [0.2, 0.25) is 0 Å². The molecule has 0 fully saturated rings. The molecule has 4 aromatic rings. The molecule has 0 aliphatic heterocycles. The molecule has 3 heteroatoms. The Bertz CT molecular complexity index is 1030. The van der Waals surface area contributed by atoms with E-state index in [9.17, 15) is 0 Å². The van der Waals surface area contributed by atoms with Gasteiger partial charge in [0.05, 0.1) is 11.2 Å². The van der Waals surface area contributed by atoms with E-state index in [1.807, 2.05) is 36.4 Å². The lowest BCUT2D eigenvalue weighted by molar-refractivity contribution is 0.887. The van der Waals surface area contributed by atoms with Gasteiger partial charge in [-0.2, -0.15) is 0 Å². The Kier molecular flexibility index (Phi) is 4.69. The van der Waals surface area contributed by atoms with Gasteiger partial charge in [0.25, 0.3) is 0 Å². The third-order valence-corrected chi connectivity index (χ3v) is 4.43. The summed E-state index contributed by atoms with van der Waals surface area (Å²) in [4.78, 5) is 14.4. The van der Waals surface area contributed by atoms with Gasteiger partial charge in [0.2, 0.25) is 0 Å². The maximum atomic E-state index is 4.84. The molecule has 26 heavy (non-hydrogen) atoms. The van der Waals surface area contributed by atoms with E-state index in [1.54, 1.807) is 0 Å². The van der Waals surface area contributed by atoms with E-state index < -0.39 is 0 Å². The van der Waals surface area contributed by atoms with Crippen molar-refractivity contribution in [1.82, 2.24) is 15.0 Å². The number of pyridine rings is 1. The molecular weight excluding hydrogens is 318 g/mol. The van der Waals surface area contributed by atoms with Gasteiger partial charge in [-0.1, -0.05) is 67.9 Å². The van der Waals surface area contributed by atoms with Crippen LogP contribution in [-0.4, -0.2) is 15.0 Å². The number of benzene rings is 2. The largest absolute Gasteiger partial charge is 0.249 e. The van der Waals surface area contributed by atoms with Gasteiger partial charge in [-0.15, -0.1) is 0 Å². The summed E-state index contributed by atoms with van der Waals surface area (Å²) in [7, 11) is 0. The van der Waals surface area contributed by atoms with Crippen molar-refractivity contribution in [3.63, 3.8) is 0 Å². The Labute approximate surface area is 153 Å². The molecule has 0 aliphatic carbocycles. The topological polar surface area (TPSA) is 38.7 Å². The molecule has 0 N–H and O–H groups in total. The molecule has 0 radical (unpaired) electrons. The number of hydrogen-bond acceptors (Lipinski definition) is 3. The molecule has 0 unspecified atom stereocenters. The molecule has 0 aliphatic rings. The molecule has 4 rings (SSSR count). The van der Waals surface area contributed by atoms with Gasteiger partial charge in [0.1, 0.15) is 5.69 Å². The van der Waals surface area contributed by atoms with E-state index in [-0.39, 0.29) is 0 Å². The molecule has 0 saturated heterocycles. The SMILES string of the molecule is CCCc1nc(-c2cccc(Cc3ccccc3)n2)nc2ccccc12. The van der Waals surface area contributed by atoms with Crippen molar-refractivity contribution in [2.45, 2.75) is 26.2 Å². The lowest BCUT2D eigenvalue weighted by Crippen LogP contribution is -2.01. The fraction of sp³-hybridized carbons (Fsp3) is 0.174. The van der Waals surface area contributed by atoms with E-state index in [4.69, 9.17) is 15.0 Å². The van der Waals surface area contributed by atoms with Crippen LogP contribution in [0.15, 0.2) is 72.8 Å². The Morgan fingerprint density at radius 2 is 1.54 bits per heavy atom. The molecule has 0 bridgehead atoms. The zero-order chi connectivity index (χ0) is 17.8. The third kappa shape index (κ3) is 3.47. The summed E-state index contributed by atoms with van der Waals surface area (Å²) in [5, 5.41) is 1.14. The Balaban J connectivity index is 1.74. The van der Waals surface area contributed by atoms with Crippen LogP contribution in [0.3, 0.4) is 0 Å². The average Bonchev–Trinajstić information content (AvgIpc) is 2.69. The number of hydrogen-bond donors (Lipinski definition) is 0. The highest BCUT2D eigenvalue weighted by Gasteiger charge is 2.10. The van der Waals surface area contributed by atoms with Crippen LogP contribution in [0.5, 0.6) is 0 Å². The lowest BCUT2D eigenvalue weighted by atomic mass is 10.1. The maximum absolute atomic E-state index is 4.84. The van der Waals surface area contributed by atoms with Gasteiger partial charge in [-0.3, -0.25) is 0 Å². The number of rotatable bonds is 5. The Morgan fingerprint density at radius 1 is 0.731 bits per heavy atom. The minimum absolute atomic E-state index is 0.710. The number of para-hydroxylation sites is 1. The monoisotopic (exact) mass is 339 g/mol. The Hall–Kier alpha value is -3.07. The first-order valence-corrected chi connectivity index (χ1v) is 9.09. The van der Waals surface area contributed by atoms with Gasteiger partial charge in [0, 0.05) is 17.5 Å². The second kappa shape index (κ2) is 7.44. The first-order chi connectivity index (χ1) is 12.8. The predicted molar refractivity (Wildman–Crippen MR) is 106 cm³/mol. The van der Waals surface area contributed by atoms with Crippen LogP contribution in [-0.2, 0) is 12.8 Å². The van der Waals surface area contributed by atoms with Crippen LogP contribution >= 0.6 is 0 Å². The summed E-state index contributed by atoms with van der Waals surface area (Å²) in [6.07, 6.45) is 2.81. The van der Waals surface area contributed by atoms with Crippen LogP contribution in [0.25, 0.3) is 22.4 Å². The highest BCUT2D eigenvalue weighted by atomic mass is 14.9. The van der Waals surface area contributed by atoms with Crippen molar-refractivity contribution in [2.75, 3.05) is 0 Å². The minimum atomic E-state index is 0.710. The van der Waals surface area contributed by atoms with Crippen molar-refractivity contribution in [3.05, 3.63) is 89.7 Å². The van der Waals surface area contributed by atoms with Gasteiger partial charge in [0.15, 0.2) is 5.82 Å². The summed E-state index contributed by atoms with van der Waals surface area (Å²) in [5.41, 5.74) is 5.20. The molecular formula is C23H21N3. The average molecular weight is 339 g/mol. The first-order valence-electron chi connectivity index (χ1n) is 9.09. The normalized spacial score (nSPS) is 11.0. The van der Waals surface area contributed by atoms with Gasteiger partial charge >= 0.3 is 0 Å². The van der Waals surface area contributed by atoms with E-state index in [0.717, 1.165) is 47.2 Å². The van der Waals surface area contributed by atoms with Crippen LogP contribution < -0.4 is 0 Å². The van der Waals surface area contributed by atoms with E-state index in [1.165, 1.54) is 5.56 Å². The summed E-state index contributed by atoms with van der Waals surface area (Å²) in [6.45, 7) is 2.18. The molecule has 0 atom stereocenters. The maximum Gasteiger partial charge on any atom is 0.178 e. The van der Waals surface area contributed by atoms with Crippen molar-refractivity contribution in [3.8, 4) is 11.5 Å².